The van der Waals surface area contributed by atoms with Gasteiger partial charge in [-0.2, -0.15) is 0 Å². The lowest BCUT2D eigenvalue weighted by atomic mass is 9.86. The second-order valence-electron chi connectivity index (χ2n) is 4.12. The number of ketones is 2. The molecule has 0 saturated heterocycles. The molecule has 0 radical (unpaired) electrons. The van der Waals surface area contributed by atoms with Gasteiger partial charge in [0, 0.05) is 12.8 Å². The predicted molar refractivity (Wildman–Crippen MR) is 57.5 cm³/mol. The molecule has 0 amide bonds. The van der Waals surface area contributed by atoms with E-state index in [2.05, 4.69) is 0 Å². The first-order valence-electron chi connectivity index (χ1n) is 5.26. The zero-order chi connectivity index (χ0) is 11.2. The molecule has 80 valence electrons. The highest BCUT2D eigenvalue weighted by molar-refractivity contribution is 6.10. The van der Waals surface area contributed by atoms with E-state index < -0.39 is 5.60 Å². The molecule has 1 aromatic carbocycles. The average molecular weight is 214 g/mol. The van der Waals surface area contributed by atoms with E-state index in [-0.39, 0.29) is 11.6 Å². The van der Waals surface area contributed by atoms with Crippen molar-refractivity contribution in [1.82, 2.24) is 0 Å². The van der Waals surface area contributed by atoms with E-state index in [1.165, 1.54) is 6.08 Å². The van der Waals surface area contributed by atoms with Crippen molar-refractivity contribution in [3.63, 3.8) is 0 Å². The van der Waals surface area contributed by atoms with Gasteiger partial charge in [-0.05, 0) is 24.3 Å². The minimum atomic E-state index is -0.919. The molecule has 0 fully saturated rings. The molecule has 0 bridgehead atoms. The van der Waals surface area contributed by atoms with Crippen molar-refractivity contribution < 1.29 is 14.3 Å². The van der Waals surface area contributed by atoms with Crippen LogP contribution in [0.5, 0.6) is 5.75 Å². The molecule has 3 rings (SSSR count). The molecule has 1 aliphatic heterocycles. The first kappa shape index (κ1) is 9.33. The summed E-state index contributed by atoms with van der Waals surface area (Å²) in [5, 5.41) is 0. The summed E-state index contributed by atoms with van der Waals surface area (Å²) in [5.41, 5.74) is -0.307. The molecule has 2 aliphatic rings. The van der Waals surface area contributed by atoms with Crippen molar-refractivity contribution >= 4 is 11.6 Å². The number of carbonyl (C=O) groups excluding carboxylic acids is 2. The SMILES string of the molecule is O=C1C=CC2(CC1)Oc1ccccc1C2=O. The van der Waals surface area contributed by atoms with Gasteiger partial charge in [-0.1, -0.05) is 12.1 Å². The number of fused-ring (bicyclic) bond motifs is 1. The van der Waals surface area contributed by atoms with Crippen molar-refractivity contribution in [2.45, 2.75) is 18.4 Å². The molecule has 3 nitrogen and oxygen atoms in total. The van der Waals surface area contributed by atoms with Crippen LogP contribution in [0.1, 0.15) is 23.2 Å². The van der Waals surface area contributed by atoms with E-state index in [9.17, 15) is 9.59 Å². The summed E-state index contributed by atoms with van der Waals surface area (Å²) in [6.45, 7) is 0. The Morgan fingerprint density at radius 3 is 2.69 bits per heavy atom. The molecule has 0 saturated carbocycles. The summed E-state index contributed by atoms with van der Waals surface area (Å²) < 4.78 is 5.71. The third-order valence-corrected chi connectivity index (χ3v) is 3.09. The first-order chi connectivity index (χ1) is 7.71. The summed E-state index contributed by atoms with van der Waals surface area (Å²) >= 11 is 0. The van der Waals surface area contributed by atoms with Gasteiger partial charge in [-0.3, -0.25) is 9.59 Å². The highest BCUT2D eigenvalue weighted by Gasteiger charge is 2.47. The zero-order valence-electron chi connectivity index (χ0n) is 8.60. The maximum absolute atomic E-state index is 12.2. The predicted octanol–water partition coefficient (Wildman–Crippen LogP) is 1.92. The van der Waals surface area contributed by atoms with E-state index in [0.29, 0.717) is 24.2 Å². The molecular formula is C13H10O3. The number of rotatable bonds is 0. The number of hydrogen-bond acceptors (Lipinski definition) is 3. The molecule has 1 heterocycles. The van der Waals surface area contributed by atoms with Gasteiger partial charge in [-0.25, -0.2) is 0 Å². The van der Waals surface area contributed by atoms with Gasteiger partial charge in [0.1, 0.15) is 5.75 Å². The van der Waals surface area contributed by atoms with Crippen LogP contribution in [0.4, 0.5) is 0 Å². The number of benzene rings is 1. The molecule has 1 unspecified atom stereocenters. The Kier molecular flexibility index (Phi) is 1.78. The summed E-state index contributed by atoms with van der Waals surface area (Å²) in [4.78, 5) is 23.3. The van der Waals surface area contributed by atoms with Crippen LogP contribution in [0, 0.1) is 0 Å². The Balaban J connectivity index is 2.07. The summed E-state index contributed by atoms with van der Waals surface area (Å²) in [5.74, 6) is 0.635. The highest BCUT2D eigenvalue weighted by Crippen LogP contribution is 2.39. The molecule has 0 aromatic heterocycles. The molecular weight excluding hydrogens is 204 g/mol. The smallest absolute Gasteiger partial charge is 0.214 e. The van der Waals surface area contributed by atoms with Crippen molar-refractivity contribution in [1.29, 1.82) is 0 Å². The van der Waals surface area contributed by atoms with E-state index >= 15 is 0 Å². The monoisotopic (exact) mass is 214 g/mol. The minimum absolute atomic E-state index is 0.0353. The summed E-state index contributed by atoms with van der Waals surface area (Å²) in [7, 11) is 0. The van der Waals surface area contributed by atoms with Gasteiger partial charge >= 0.3 is 0 Å². The Bertz CT molecular complexity index is 516. The number of allylic oxidation sites excluding steroid dienone is 1. The number of carbonyl (C=O) groups is 2. The van der Waals surface area contributed by atoms with E-state index in [1.807, 2.05) is 12.1 Å². The van der Waals surface area contributed by atoms with Gasteiger partial charge in [0.15, 0.2) is 11.4 Å². The molecule has 1 atom stereocenters. The number of hydrogen-bond donors (Lipinski definition) is 0. The quantitative estimate of drug-likeness (QED) is 0.662. The maximum atomic E-state index is 12.2. The lowest BCUT2D eigenvalue weighted by molar-refractivity contribution is -0.115. The van der Waals surface area contributed by atoms with Crippen LogP contribution in [0.3, 0.4) is 0 Å². The zero-order valence-corrected chi connectivity index (χ0v) is 8.60. The fourth-order valence-corrected chi connectivity index (χ4v) is 2.19. The molecule has 0 N–H and O–H groups in total. The van der Waals surface area contributed by atoms with Crippen LogP contribution in [-0.4, -0.2) is 17.2 Å². The van der Waals surface area contributed by atoms with Crippen molar-refractivity contribution in [2.24, 2.45) is 0 Å². The Labute approximate surface area is 92.7 Å². The summed E-state index contributed by atoms with van der Waals surface area (Å²) in [6.07, 6.45) is 3.86. The van der Waals surface area contributed by atoms with Crippen LogP contribution in [0.2, 0.25) is 0 Å². The van der Waals surface area contributed by atoms with Crippen LogP contribution < -0.4 is 4.74 Å². The molecule has 1 spiro atoms. The minimum Gasteiger partial charge on any atom is -0.474 e. The molecule has 3 heteroatoms. The van der Waals surface area contributed by atoms with Crippen molar-refractivity contribution in [3.8, 4) is 5.75 Å². The first-order valence-corrected chi connectivity index (χ1v) is 5.26. The average Bonchev–Trinajstić information content (AvgIpc) is 2.58. The molecule has 1 aromatic rings. The molecule has 1 aliphatic carbocycles. The topological polar surface area (TPSA) is 43.4 Å². The normalized spacial score (nSPS) is 27.0. The number of para-hydroxylation sites is 1. The number of ether oxygens (including phenoxy) is 1. The lowest BCUT2D eigenvalue weighted by Gasteiger charge is -2.25. The molecule has 16 heavy (non-hydrogen) atoms. The van der Waals surface area contributed by atoms with E-state index in [1.54, 1.807) is 18.2 Å². The van der Waals surface area contributed by atoms with Gasteiger partial charge in [0.2, 0.25) is 5.78 Å². The van der Waals surface area contributed by atoms with Crippen LogP contribution in [0.25, 0.3) is 0 Å². The van der Waals surface area contributed by atoms with Crippen LogP contribution in [-0.2, 0) is 4.79 Å². The fourth-order valence-electron chi connectivity index (χ4n) is 2.19. The van der Waals surface area contributed by atoms with Crippen LogP contribution >= 0.6 is 0 Å². The third-order valence-electron chi connectivity index (χ3n) is 3.09. The Morgan fingerprint density at radius 1 is 1.19 bits per heavy atom. The second kappa shape index (κ2) is 3.04. The van der Waals surface area contributed by atoms with Crippen molar-refractivity contribution in [3.05, 3.63) is 42.0 Å². The fraction of sp³-hybridized carbons (Fsp3) is 0.231. The van der Waals surface area contributed by atoms with Gasteiger partial charge in [-0.15, -0.1) is 0 Å². The van der Waals surface area contributed by atoms with Gasteiger partial charge in [0.05, 0.1) is 5.56 Å². The second-order valence-corrected chi connectivity index (χ2v) is 4.12. The maximum Gasteiger partial charge on any atom is 0.214 e. The lowest BCUT2D eigenvalue weighted by Crippen LogP contribution is -2.40. The Hall–Kier alpha value is -1.90. The van der Waals surface area contributed by atoms with Crippen molar-refractivity contribution in [2.75, 3.05) is 0 Å². The number of Topliss-reactive ketones (excluding diaryl/α,β-unsaturated/α-hetero) is 1. The largest absolute Gasteiger partial charge is 0.474 e. The third kappa shape index (κ3) is 1.14. The van der Waals surface area contributed by atoms with Crippen LogP contribution in [0.15, 0.2) is 36.4 Å². The van der Waals surface area contributed by atoms with E-state index in [4.69, 9.17) is 4.74 Å². The highest BCUT2D eigenvalue weighted by atomic mass is 16.5. The van der Waals surface area contributed by atoms with Gasteiger partial charge < -0.3 is 4.74 Å². The Morgan fingerprint density at radius 2 is 2.00 bits per heavy atom. The van der Waals surface area contributed by atoms with Gasteiger partial charge in [0.25, 0.3) is 0 Å². The summed E-state index contributed by atoms with van der Waals surface area (Å²) in [6, 6.07) is 7.20. The van der Waals surface area contributed by atoms with E-state index in [0.717, 1.165) is 0 Å². The standard InChI is InChI=1S/C13H10O3/c14-9-5-7-13(8-6-9)12(15)10-3-1-2-4-11(10)16-13/h1-5,7H,6,8H2.